The van der Waals surface area contributed by atoms with Crippen LogP contribution < -0.4 is 0 Å². The smallest absolute Gasteiger partial charge is 0.305 e. The van der Waals surface area contributed by atoms with Crippen LogP contribution in [0.25, 0.3) is 0 Å². The molecule has 23 heavy (non-hydrogen) atoms. The van der Waals surface area contributed by atoms with Crippen LogP contribution in [0.2, 0.25) is 0 Å². The van der Waals surface area contributed by atoms with Crippen molar-refractivity contribution >= 4 is 11.9 Å². The number of aryl methyl sites for hydroxylation is 1. The van der Waals surface area contributed by atoms with Crippen LogP contribution >= 0.6 is 0 Å². The molecule has 0 bridgehead atoms. The molecule has 3 rings (SSSR count). The van der Waals surface area contributed by atoms with Gasteiger partial charge in [0.15, 0.2) is 0 Å². The quantitative estimate of drug-likeness (QED) is 0.802. The van der Waals surface area contributed by atoms with E-state index >= 15 is 0 Å². The first-order chi connectivity index (χ1) is 10.9. The lowest BCUT2D eigenvalue weighted by molar-refractivity contribution is -0.132. The molecular formula is C17H26N4O2. The number of carbonyl (C=O) groups excluding carboxylic acids is 2. The Balaban J connectivity index is 1.83. The largest absolute Gasteiger partial charge is 0.327 e. The van der Waals surface area contributed by atoms with Crippen LogP contribution in [0, 0.1) is 5.92 Å². The number of carbonyl (C=O) groups is 2. The third kappa shape index (κ3) is 2.86. The van der Waals surface area contributed by atoms with Crippen LogP contribution in [-0.4, -0.2) is 44.1 Å². The number of hydrogen-bond donors (Lipinski definition) is 0. The highest BCUT2D eigenvalue weighted by Gasteiger charge is 2.53. The molecule has 2 aliphatic rings. The van der Waals surface area contributed by atoms with Crippen LogP contribution in [0.3, 0.4) is 0 Å². The Labute approximate surface area is 137 Å². The average molecular weight is 318 g/mol. The van der Waals surface area contributed by atoms with E-state index in [9.17, 15) is 9.59 Å². The van der Waals surface area contributed by atoms with Gasteiger partial charge in [0.1, 0.15) is 5.54 Å². The van der Waals surface area contributed by atoms with Gasteiger partial charge in [0, 0.05) is 25.9 Å². The number of imide groups is 1. The van der Waals surface area contributed by atoms with Crippen LogP contribution in [0.5, 0.6) is 0 Å². The number of amides is 3. The minimum Gasteiger partial charge on any atom is -0.305 e. The topological polar surface area (TPSA) is 58.4 Å². The van der Waals surface area contributed by atoms with Gasteiger partial charge in [0.2, 0.25) is 0 Å². The maximum Gasteiger partial charge on any atom is 0.327 e. The van der Waals surface area contributed by atoms with Gasteiger partial charge in [-0.05, 0) is 19.3 Å². The van der Waals surface area contributed by atoms with E-state index in [0.29, 0.717) is 12.5 Å². The Hall–Kier alpha value is -1.85. The molecule has 1 saturated carbocycles. The van der Waals surface area contributed by atoms with Gasteiger partial charge in [-0.3, -0.25) is 14.4 Å². The van der Waals surface area contributed by atoms with Crippen LogP contribution in [0.4, 0.5) is 4.79 Å². The number of rotatable bonds is 4. The fourth-order valence-electron chi connectivity index (χ4n) is 4.08. The molecule has 1 aliphatic heterocycles. The second-order valence-corrected chi connectivity index (χ2v) is 7.24. The van der Waals surface area contributed by atoms with Crippen molar-refractivity contribution in [3.05, 3.63) is 18.0 Å². The lowest BCUT2D eigenvalue weighted by atomic mass is 9.79. The minimum absolute atomic E-state index is 0.0723. The molecule has 6 heteroatoms. The molecule has 1 saturated heterocycles. The Morgan fingerprint density at radius 2 is 1.91 bits per heavy atom. The zero-order valence-corrected chi connectivity index (χ0v) is 14.3. The highest BCUT2D eigenvalue weighted by molar-refractivity contribution is 6.06. The van der Waals surface area contributed by atoms with Crippen LogP contribution in [0.1, 0.15) is 51.0 Å². The number of hydrogen-bond acceptors (Lipinski definition) is 3. The average Bonchev–Trinajstić information content (AvgIpc) is 3.01. The summed E-state index contributed by atoms with van der Waals surface area (Å²) in [5.41, 5.74) is 0.225. The first kappa shape index (κ1) is 16.0. The molecule has 6 nitrogen and oxygen atoms in total. The van der Waals surface area contributed by atoms with Crippen molar-refractivity contribution in [1.82, 2.24) is 19.6 Å². The number of urea groups is 1. The van der Waals surface area contributed by atoms with Gasteiger partial charge in [0.25, 0.3) is 5.91 Å². The standard InChI is InChI=1S/C17H26N4O2/c1-17(9-13-7-5-4-6-8-13)15(22)20(3)16(23)21(17)12-14-10-18-19(2)11-14/h10-11,13H,4-9,12H2,1-3H3/t17-/m0/s1. The molecule has 0 unspecified atom stereocenters. The van der Waals surface area contributed by atoms with Crippen molar-refractivity contribution < 1.29 is 9.59 Å². The molecular weight excluding hydrogens is 292 g/mol. The fraction of sp³-hybridized carbons (Fsp3) is 0.706. The van der Waals surface area contributed by atoms with E-state index in [0.717, 1.165) is 12.0 Å². The molecule has 0 radical (unpaired) electrons. The van der Waals surface area contributed by atoms with Gasteiger partial charge in [-0.15, -0.1) is 0 Å². The van der Waals surface area contributed by atoms with Crippen LogP contribution in [0.15, 0.2) is 12.4 Å². The summed E-state index contributed by atoms with van der Waals surface area (Å²) in [6.07, 6.45) is 10.5. The highest BCUT2D eigenvalue weighted by Crippen LogP contribution is 2.38. The fourth-order valence-corrected chi connectivity index (χ4v) is 4.08. The van der Waals surface area contributed by atoms with E-state index in [4.69, 9.17) is 0 Å². The zero-order chi connectivity index (χ0) is 16.6. The van der Waals surface area contributed by atoms with Crippen LogP contribution in [-0.2, 0) is 18.4 Å². The Kier molecular flexibility index (Phi) is 4.17. The van der Waals surface area contributed by atoms with Gasteiger partial charge in [-0.1, -0.05) is 32.1 Å². The first-order valence-corrected chi connectivity index (χ1v) is 8.49. The van der Waals surface area contributed by atoms with E-state index < -0.39 is 5.54 Å². The highest BCUT2D eigenvalue weighted by atomic mass is 16.2. The molecule has 3 amide bonds. The van der Waals surface area contributed by atoms with Crippen molar-refractivity contribution in [3.8, 4) is 0 Å². The molecule has 126 valence electrons. The van der Waals surface area contributed by atoms with E-state index in [2.05, 4.69) is 5.10 Å². The zero-order valence-electron chi connectivity index (χ0n) is 14.3. The van der Waals surface area contributed by atoms with Crippen molar-refractivity contribution in [1.29, 1.82) is 0 Å². The van der Waals surface area contributed by atoms with Gasteiger partial charge in [-0.2, -0.15) is 5.10 Å². The summed E-state index contributed by atoms with van der Waals surface area (Å²) >= 11 is 0. The second kappa shape index (κ2) is 5.98. The minimum atomic E-state index is -0.732. The SMILES string of the molecule is CN1C(=O)N(Cc2cnn(C)c2)[C@@](C)(CC2CCCCC2)C1=O. The summed E-state index contributed by atoms with van der Waals surface area (Å²) in [6.45, 7) is 2.37. The van der Waals surface area contributed by atoms with Gasteiger partial charge >= 0.3 is 6.03 Å². The number of nitrogens with zero attached hydrogens (tertiary/aromatic N) is 4. The molecule has 1 aromatic heterocycles. The Morgan fingerprint density at radius 3 is 2.52 bits per heavy atom. The Morgan fingerprint density at radius 1 is 1.22 bits per heavy atom. The van der Waals surface area contributed by atoms with Crippen molar-refractivity contribution in [2.75, 3.05) is 7.05 Å². The summed E-state index contributed by atoms with van der Waals surface area (Å²) in [5.74, 6) is 0.463. The van der Waals surface area contributed by atoms with E-state index in [1.54, 1.807) is 22.8 Å². The third-order valence-electron chi connectivity index (χ3n) is 5.39. The predicted octanol–water partition coefficient (Wildman–Crippen LogP) is 2.54. The second-order valence-electron chi connectivity index (χ2n) is 7.24. The molecule has 1 atom stereocenters. The first-order valence-electron chi connectivity index (χ1n) is 8.49. The normalized spacial score (nSPS) is 26.4. The molecule has 0 spiro atoms. The number of aromatic nitrogens is 2. The molecule has 2 fully saturated rings. The summed E-state index contributed by atoms with van der Waals surface area (Å²) in [4.78, 5) is 28.4. The lowest BCUT2D eigenvalue weighted by Crippen LogP contribution is -2.48. The summed E-state index contributed by atoms with van der Waals surface area (Å²) in [5, 5.41) is 4.17. The molecule has 1 aromatic rings. The van der Waals surface area contributed by atoms with E-state index in [-0.39, 0.29) is 11.9 Å². The lowest BCUT2D eigenvalue weighted by Gasteiger charge is -2.35. The molecule has 0 N–H and O–H groups in total. The molecule has 0 aromatic carbocycles. The predicted molar refractivity (Wildman–Crippen MR) is 86.5 cm³/mol. The van der Waals surface area contributed by atoms with Gasteiger partial charge in [0.05, 0.1) is 12.7 Å². The molecule has 1 aliphatic carbocycles. The summed E-state index contributed by atoms with van der Waals surface area (Å²) in [6, 6.07) is -0.197. The third-order valence-corrected chi connectivity index (χ3v) is 5.39. The van der Waals surface area contributed by atoms with E-state index in [1.165, 1.54) is 37.0 Å². The monoisotopic (exact) mass is 318 g/mol. The van der Waals surface area contributed by atoms with Gasteiger partial charge in [-0.25, -0.2) is 4.79 Å². The maximum atomic E-state index is 12.8. The summed E-state index contributed by atoms with van der Waals surface area (Å²) in [7, 11) is 3.45. The van der Waals surface area contributed by atoms with Crippen molar-refractivity contribution in [2.24, 2.45) is 13.0 Å². The van der Waals surface area contributed by atoms with Crippen molar-refractivity contribution in [3.63, 3.8) is 0 Å². The number of likely N-dealkylation sites (N-methyl/N-ethyl adjacent to an activating group) is 1. The molecule has 2 heterocycles. The van der Waals surface area contributed by atoms with Gasteiger partial charge < -0.3 is 4.90 Å². The maximum absolute atomic E-state index is 12.8. The Bertz CT molecular complexity index is 605. The van der Waals surface area contributed by atoms with E-state index in [1.807, 2.05) is 20.2 Å². The summed E-state index contributed by atoms with van der Waals surface area (Å²) < 4.78 is 1.72. The van der Waals surface area contributed by atoms with Crippen molar-refractivity contribution in [2.45, 2.75) is 57.5 Å².